The van der Waals surface area contributed by atoms with Gasteiger partial charge in [-0.05, 0) is 31.9 Å². The number of likely N-dealkylation sites (tertiary alicyclic amines) is 1. The van der Waals surface area contributed by atoms with Crippen LogP contribution in [0, 0.1) is 12.8 Å². The highest BCUT2D eigenvalue weighted by Crippen LogP contribution is 2.30. The number of hydrogen-bond donors (Lipinski definition) is 1. The third-order valence-corrected chi connectivity index (χ3v) is 5.59. The van der Waals surface area contributed by atoms with Gasteiger partial charge in [-0.2, -0.15) is 0 Å². The number of aryl methyl sites for hydroxylation is 1. The predicted molar refractivity (Wildman–Crippen MR) is 93.6 cm³/mol. The van der Waals surface area contributed by atoms with Crippen LogP contribution in [0.3, 0.4) is 0 Å². The molecule has 2 aromatic rings. The number of amides is 1. The van der Waals surface area contributed by atoms with Crippen LogP contribution in [0.5, 0.6) is 0 Å². The van der Waals surface area contributed by atoms with Gasteiger partial charge in [0.1, 0.15) is 9.88 Å². The first-order valence-corrected chi connectivity index (χ1v) is 8.90. The maximum absolute atomic E-state index is 12.8. The highest BCUT2D eigenvalue weighted by atomic mass is 35.5. The zero-order chi connectivity index (χ0) is 17.3. The fourth-order valence-corrected chi connectivity index (χ4v) is 3.98. The van der Waals surface area contributed by atoms with Gasteiger partial charge in [0.05, 0.1) is 11.6 Å². The smallest absolute Gasteiger partial charge is 0.308 e. The van der Waals surface area contributed by atoms with Crippen molar-refractivity contribution in [3.8, 4) is 10.6 Å². The Balaban J connectivity index is 1.83. The van der Waals surface area contributed by atoms with E-state index in [9.17, 15) is 14.7 Å². The lowest BCUT2D eigenvalue weighted by Crippen LogP contribution is -2.42. The topological polar surface area (TPSA) is 70.5 Å². The molecule has 1 saturated heterocycles. The maximum Gasteiger partial charge on any atom is 0.308 e. The Labute approximate surface area is 148 Å². The van der Waals surface area contributed by atoms with E-state index in [0.29, 0.717) is 35.0 Å². The van der Waals surface area contributed by atoms with Crippen molar-refractivity contribution in [1.29, 1.82) is 0 Å². The van der Waals surface area contributed by atoms with Gasteiger partial charge in [-0.1, -0.05) is 23.7 Å². The lowest BCUT2D eigenvalue weighted by atomic mass is 9.98. The molecule has 1 amide bonds. The molecule has 3 rings (SSSR count). The van der Waals surface area contributed by atoms with Crippen LogP contribution in [0.25, 0.3) is 10.6 Å². The normalized spacial score (nSPS) is 17.8. The summed E-state index contributed by atoms with van der Waals surface area (Å²) >= 11 is 7.24. The van der Waals surface area contributed by atoms with E-state index in [-0.39, 0.29) is 12.5 Å². The summed E-state index contributed by atoms with van der Waals surface area (Å²) in [6.45, 7) is 2.67. The van der Waals surface area contributed by atoms with E-state index in [4.69, 9.17) is 11.6 Å². The van der Waals surface area contributed by atoms with Crippen molar-refractivity contribution in [3.05, 3.63) is 39.9 Å². The number of aliphatic carboxylic acids is 1. The number of thiazole rings is 1. The minimum Gasteiger partial charge on any atom is -0.481 e. The van der Waals surface area contributed by atoms with Gasteiger partial charge in [-0.3, -0.25) is 9.59 Å². The summed E-state index contributed by atoms with van der Waals surface area (Å²) in [6, 6.07) is 7.32. The van der Waals surface area contributed by atoms with Crippen molar-refractivity contribution in [2.75, 3.05) is 13.1 Å². The van der Waals surface area contributed by atoms with Crippen molar-refractivity contribution in [1.82, 2.24) is 9.88 Å². The van der Waals surface area contributed by atoms with E-state index in [2.05, 4.69) is 4.98 Å². The van der Waals surface area contributed by atoms with E-state index in [1.807, 2.05) is 19.1 Å². The summed E-state index contributed by atoms with van der Waals surface area (Å²) in [4.78, 5) is 30.7. The van der Waals surface area contributed by atoms with E-state index in [1.54, 1.807) is 17.0 Å². The van der Waals surface area contributed by atoms with Crippen molar-refractivity contribution in [2.45, 2.75) is 19.8 Å². The number of piperidine rings is 1. The SMILES string of the molecule is Cc1nc(-c2ccc(Cl)cc2)sc1C(=O)N1CCCC(C(=O)O)C1. The van der Waals surface area contributed by atoms with E-state index in [0.717, 1.165) is 10.6 Å². The van der Waals surface area contributed by atoms with Crippen LogP contribution in [0.1, 0.15) is 28.2 Å². The molecule has 0 saturated carbocycles. The Hall–Kier alpha value is -1.92. The molecule has 24 heavy (non-hydrogen) atoms. The standard InChI is InChI=1S/C17H17ClN2O3S/c1-10-14(16(21)20-8-2-3-12(9-20)17(22)23)24-15(19-10)11-4-6-13(18)7-5-11/h4-7,12H,2-3,8-9H2,1H3,(H,22,23). The van der Waals surface area contributed by atoms with Crippen LogP contribution in [0.2, 0.25) is 5.02 Å². The Morgan fingerprint density at radius 3 is 2.71 bits per heavy atom. The minimum absolute atomic E-state index is 0.129. The number of benzene rings is 1. The molecule has 126 valence electrons. The van der Waals surface area contributed by atoms with Crippen LogP contribution in [0.15, 0.2) is 24.3 Å². The number of aromatic nitrogens is 1. The number of hydrogen-bond acceptors (Lipinski definition) is 4. The highest BCUT2D eigenvalue weighted by Gasteiger charge is 2.30. The first kappa shape index (κ1) is 16.9. The van der Waals surface area contributed by atoms with Gasteiger partial charge in [0.25, 0.3) is 5.91 Å². The summed E-state index contributed by atoms with van der Waals surface area (Å²) in [5.41, 5.74) is 1.58. The zero-order valence-corrected chi connectivity index (χ0v) is 14.7. The maximum atomic E-state index is 12.8. The first-order chi connectivity index (χ1) is 11.5. The molecule has 1 aromatic heterocycles. The molecule has 1 atom stereocenters. The van der Waals surface area contributed by atoms with Gasteiger partial charge in [-0.25, -0.2) is 4.98 Å². The molecule has 1 unspecified atom stereocenters. The Morgan fingerprint density at radius 1 is 1.33 bits per heavy atom. The molecule has 1 fully saturated rings. The minimum atomic E-state index is -0.838. The lowest BCUT2D eigenvalue weighted by molar-refractivity contribution is -0.143. The number of carboxylic acid groups (broad SMARTS) is 1. The molecule has 0 radical (unpaired) electrons. The average Bonchev–Trinajstić information content (AvgIpc) is 2.96. The van der Waals surface area contributed by atoms with Gasteiger partial charge >= 0.3 is 5.97 Å². The molecule has 1 N–H and O–H groups in total. The molecule has 5 nitrogen and oxygen atoms in total. The first-order valence-electron chi connectivity index (χ1n) is 7.71. The number of halogens is 1. The largest absolute Gasteiger partial charge is 0.481 e. The van der Waals surface area contributed by atoms with Gasteiger partial charge in [0, 0.05) is 23.7 Å². The number of rotatable bonds is 3. The predicted octanol–water partition coefficient (Wildman–Crippen LogP) is 3.71. The average molecular weight is 365 g/mol. The van der Waals surface area contributed by atoms with Crippen LogP contribution in [-0.2, 0) is 4.79 Å². The molecule has 2 heterocycles. The van der Waals surface area contributed by atoms with Crippen LogP contribution < -0.4 is 0 Å². The highest BCUT2D eigenvalue weighted by molar-refractivity contribution is 7.17. The Morgan fingerprint density at radius 2 is 2.04 bits per heavy atom. The molecular weight excluding hydrogens is 348 g/mol. The van der Waals surface area contributed by atoms with Crippen LogP contribution in [-0.4, -0.2) is 40.0 Å². The van der Waals surface area contributed by atoms with E-state index >= 15 is 0 Å². The molecule has 1 aliphatic heterocycles. The van der Waals surface area contributed by atoms with Gasteiger partial charge in [0.15, 0.2) is 0 Å². The second kappa shape index (κ2) is 6.91. The lowest BCUT2D eigenvalue weighted by Gasteiger charge is -2.30. The third-order valence-electron chi connectivity index (χ3n) is 4.14. The van der Waals surface area contributed by atoms with Crippen molar-refractivity contribution in [3.63, 3.8) is 0 Å². The summed E-state index contributed by atoms with van der Waals surface area (Å²) in [7, 11) is 0. The zero-order valence-electron chi connectivity index (χ0n) is 13.2. The third kappa shape index (κ3) is 3.44. The number of carbonyl (C=O) groups excluding carboxylic acids is 1. The molecule has 0 bridgehead atoms. The van der Waals surface area contributed by atoms with Gasteiger partial charge in [-0.15, -0.1) is 11.3 Å². The molecule has 1 aliphatic rings. The van der Waals surface area contributed by atoms with Gasteiger partial charge in [0.2, 0.25) is 0 Å². The molecule has 0 aliphatic carbocycles. The fraction of sp³-hybridized carbons (Fsp3) is 0.353. The van der Waals surface area contributed by atoms with Gasteiger partial charge < -0.3 is 10.0 Å². The number of nitrogens with zero attached hydrogens (tertiary/aromatic N) is 2. The second-order valence-corrected chi connectivity index (χ2v) is 7.30. The van der Waals surface area contributed by atoms with Crippen LogP contribution in [0.4, 0.5) is 0 Å². The summed E-state index contributed by atoms with van der Waals surface area (Å²) < 4.78 is 0. The van der Waals surface area contributed by atoms with Crippen molar-refractivity contribution in [2.24, 2.45) is 5.92 Å². The molecular formula is C17H17ClN2O3S. The fourth-order valence-electron chi connectivity index (χ4n) is 2.82. The molecule has 7 heteroatoms. The number of carboxylic acids is 1. The molecule has 1 aromatic carbocycles. The quantitative estimate of drug-likeness (QED) is 0.901. The van der Waals surface area contributed by atoms with Crippen molar-refractivity contribution < 1.29 is 14.7 Å². The molecule has 0 spiro atoms. The monoisotopic (exact) mass is 364 g/mol. The summed E-state index contributed by atoms with van der Waals surface area (Å²) in [5.74, 6) is -1.45. The van der Waals surface area contributed by atoms with Crippen LogP contribution >= 0.6 is 22.9 Å². The Kier molecular flexibility index (Phi) is 4.87. The summed E-state index contributed by atoms with van der Waals surface area (Å²) in [6.07, 6.45) is 1.33. The Bertz CT molecular complexity index is 773. The number of carbonyl (C=O) groups is 2. The second-order valence-electron chi connectivity index (χ2n) is 5.87. The summed E-state index contributed by atoms with van der Waals surface area (Å²) in [5, 5.41) is 10.6. The van der Waals surface area contributed by atoms with E-state index < -0.39 is 11.9 Å². The van der Waals surface area contributed by atoms with E-state index in [1.165, 1.54) is 11.3 Å². The van der Waals surface area contributed by atoms with Crippen molar-refractivity contribution >= 4 is 34.8 Å².